The number of nitro groups is 1. The largest absolute Gasteiger partial charge is 0.479 e. The van der Waals surface area contributed by atoms with Crippen molar-refractivity contribution < 1.29 is 19.6 Å². The topological polar surface area (TPSA) is 89.7 Å². The number of halogens is 1. The van der Waals surface area contributed by atoms with Crippen molar-refractivity contribution >= 4 is 23.1 Å². The summed E-state index contributed by atoms with van der Waals surface area (Å²) in [6.45, 7) is 0. The van der Waals surface area contributed by atoms with Crippen molar-refractivity contribution in [2.24, 2.45) is 0 Å². The van der Waals surface area contributed by atoms with Crippen LogP contribution in [0.1, 0.15) is 12.0 Å². The van der Waals surface area contributed by atoms with E-state index in [1.54, 1.807) is 30.3 Å². The molecule has 0 saturated carbocycles. The van der Waals surface area contributed by atoms with Gasteiger partial charge in [-0.05, 0) is 11.6 Å². The highest BCUT2D eigenvalue weighted by Crippen LogP contribution is 2.42. The molecule has 7 heteroatoms. The molecule has 1 aromatic rings. The first kappa shape index (κ1) is 15.2. The Morgan fingerprint density at radius 3 is 2.52 bits per heavy atom. The summed E-state index contributed by atoms with van der Waals surface area (Å²) in [6, 6.07) is 8.65. The van der Waals surface area contributed by atoms with Crippen molar-refractivity contribution in [1.82, 2.24) is 0 Å². The SMILES string of the molecule is COC1(C(=O)O)CC([N+](=O)[O-])=C(Cl)C=C1c1ccccc1. The Morgan fingerprint density at radius 1 is 1.43 bits per heavy atom. The average Bonchev–Trinajstić information content (AvgIpc) is 2.47. The van der Waals surface area contributed by atoms with E-state index in [4.69, 9.17) is 16.3 Å². The minimum Gasteiger partial charge on any atom is -0.479 e. The Kier molecular flexibility index (Phi) is 4.11. The van der Waals surface area contributed by atoms with Crippen molar-refractivity contribution in [3.63, 3.8) is 0 Å². The van der Waals surface area contributed by atoms with Gasteiger partial charge >= 0.3 is 5.97 Å². The third kappa shape index (κ3) is 2.55. The van der Waals surface area contributed by atoms with Gasteiger partial charge in [0.1, 0.15) is 5.03 Å². The van der Waals surface area contributed by atoms with Gasteiger partial charge in [-0.3, -0.25) is 10.1 Å². The average molecular weight is 310 g/mol. The quantitative estimate of drug-likeness (QED) is 0.682. The number of allylic oxidation sites excluding steroid dienone is 2. The maximum Gasteiger partial charge on any atom is 0.341 e. The highest BCUT2D eigenvalue weighted by Gasteiger charge is 2.49. The van der Waals surface area contributed by atoms with E-state index in [0.717, 1.165) is 0 Å². The van der Waals surface area contributed by atoms with Gasteiger partial charge in [-0.2, -0.15) is 0 Å². The maximum absolute atomic E-state index is 11.7. The second-order valence-electron chi connectivity index (χ2n) is 4.49. The summed E-state index contributed by atoms with van der Waals surface area (Å²) >= 11 is 5.92. The fourth-order valence-electron chi connectivity index (χ4n) is 2.29. The summed E-state index contributed by atoms with van der Waals surface area (Å²) in [6.07, 6.45) is 0.849. The van der Waals surface area contributed by atoms with Gasteiger partial charge in [-0.1, -0.05) is 41.9 Å². The molecule has 0 saturated heterocycles. The lowest BCUT2D eigenvalue weighted by Gasteiger charge is -2.32. The number of benzene rings is 1. The lowest BCUT2D eigenvalue weighted by molar-refractivity contribution is -0.430. The van der Waals surface area contributed by atoms with Crippen LogP contribution in [0.2, 0.25) is 0 Å². The molecule has 0 radical (unpaired) electrons. The third-order valence-corrected chi connectivity index (χ3v) is 3.72. The zero-order valence-electron chi connectivity index (χ0n) is 11.1. The highest BCUT2D eigenvalue weighted by molar-refractivity contribution is 6.32. The van der Waals surface area contributed by atoms with Crippen LogP contribution in [0.25, 0.3) is 5.57 Å². The fraction of sp³-hybridized carbons (Fsp3) is 0.214. The Bertz CT molecular complexity index is 653. The number of rotatable bonds is 4. The van der Waals surface area contributed by atoms with Crippen LogP contribution in [0.5, 0.6) is 0 Å². The zero-order valence-corrected chi connectivity index (χ0v) is 11.8. The summed E-state index contributed by atoms with van der Waals surface area (Å²) in [5.74, 6) is -1.30. The van der Waals surface area contributed by atoms with Crippen LogP contribution in [-0.2, 0) is 9.53 Å². The van der Waals surface area contributed by atoms with E-state index in [-0.39, 0.29) is 16.3 Å². The minimum absolute atomic E-state index is 0.0900. The predicted octanol–water partition coefficient (Wildman–Crippen LogP) is 2.67. The predicted molar refractivity (Wildman–Crippen MR) is 76.3 cm³/mol. The van der Waals surface area contributed by atoms with Gasteiger partial charge < -0.3 is 9.84 Å². The van der Waals surface area contributed by atoms with Gasteiger partial charge in [0.05, 0.1) is 11.3 Å². The van der Waals surface area contributed by atoms with E-state index in [2.05, 4.69) is 0 Å². The van der Waals surface area contributed by atoms with Crippen LogP contribution in [0.3, 0.4) is 0 Å². The molecule has 2 rings (SSSR count). The monoisotopic (exact) mass is 309 g/mol. The summed E-state index contributed by atoms with van der Waals surface area (Å²) in [5.41, 5.74) is -1.33. The summed E-state index contributed by atoms with van der Waals surface area (Å²) < 4.78 is 5.17. The number of hydrogen-bond acceptors (Lipinski definition) is 4. The van der Waals surface area contributed by atoms with E-state index in [1.165, 1.54) is 13.2 Å². The van der Waals surface area contributed by atoms with Gasteiger partial charge in [0.15, 0.2) is 0 Å². The van der Waals surface area contributed by atoms with Crippen LogP contribution in [0, 0.1) is 10.1 Å². The molecule has 1 N–H and O–H groups in total. The van der Waals surface area contributed by atoms with E-state index < -0.39 is 22.9 Å². The van der Waals surface area contributed by atoms with Crippen molar-refractivity contribution in [3.05, 3.63) is 62.8 Å². The van der Waals surface area contributed by atoms with Crippen molar-refractivity contribution in [1.29, 1.82) is 0 Å². The fourth-order valence-corrected chi connectivity index (χ4v) is 2.53. The normalized spacial score (nSPS) is 21.9. The molecule has 1 aliphatic carbocycles. The second-order valence-corrected chi connectivity index (χ2v) is 4.90. The highest BCUT2D eigenvalue weighted by atomic mass is 35.5. The van der Waals surface area contributed by atoms with Gasteiger partial charge in [0, 0.05) is 12.7 Å². The van der Waals surface area contributed by atoms with Crippen LogP contribution in [0.15, 0.2) is 47.1 Å². The Morgan fingerprint density at radius 2 is 2.05 bits per heavy atom. The number of carboxylic acid groups (broad SMARTS) is 1. The molecular formula is C14H12ClNO5. The Balaban J connectivity index is 2.68. The summed E-state index contributed by atoms with van der Waals surface area (Å²) in [4.78, 5) is 22.0. The maximum atomic E-state index is 11.7. The van der Waals surface area contributed by atoms with E-state index in [0.29, 0.717) is 5.56 Å². The molecule has 1 atom stereocenters. The number of aliphatic carboxylic acids is 1. The molecule has 0 bridgehead atoms. The molecule has 6 nitrogen and oxygen atoms in total. The summed E-state index contributed by atoms with van der Waals surface area (Å²) in [7, 11) is 1.21. The third-order valence-electron chi connectivity index (χ3n) is 3.40. The molecule has 21 heavy (non-hydrogen) atoms. The van der Waals surface area contributed by atoms with Crippen LogP contribution in [0.4, 0.5) is 0 Å². The standard InChI is InChI=1S/C14H12ClNO5/c1-21-14(13(17)18)8-12(16(19)20)11(15)7-10(14)9-5-3-2-4-6-9/h2-7H,8H2,1H3,(H,17,18). The molecule has 0 spiro atoms. The lowest BCUT2D eigenvalue weighted by Crippen LogP contribution is -2.44. The van der Waals surface area contributed by atoms with Gasteiger partial charge in [0.25, 0.3) is 5.70 Å². The van der Waals surface area contributed by atoms with Crippen molar-refractivity contribution in [2.45, 2.75) is 12.0 Å². The van der Waals surface area contributed by atoms with Gasteiger partial charge in [-0.25, -0.2) is 4.79 Å². The van der Waals surface area contributed by atoms with Gasteiger partial charge in [-0.15, -0.1) is 0 Å². The van der Waals surface area contributed by atoms with E-state index >= 15 is 0 Å². The minimum atomic E-state index is -1.83. The molecule has 0 heterocycles. The number of hydrogen-bond donors (Lipinski definition) is 1. The van der Waals surface area contributed by atoms with E-state index in [9.17, 15) is 20.0 Å². The van der Waals surface area contributed by atoms with Crippen LogP contribution >= 0.6 is 11.6 Å². The van der Waals surface area contributed by atoms with Crippen LogP contribution < -0.4 is 0 Å². The molecule has 0 amide bonds. The first-order valence-electron chi connectivity index (χ1n) is 6.01. The summed E-state index contributed by atoms with van der Waals surface area (Å²) in [5, 5.41) is 20.5. The zero-order chi connectivity index (χ0) is 15.6. The molecule has 0 fully saturated rings. The lowest BCUT2D eigenvalue weighted by atomic mass is 9.81. The Labute approximate surface area is 125 Å². The molecular weight excluding hydrogens is 298 g/mol. The number of nitrogens with zero attached hydrogens (tertiary/aromatic N) is 1. The molecule has 1 unspecified atom stereocenters. The van der Waals surface area contributed by atoms with Crippen molar-refractivity contribution in [3.8, 4) is 0 Å². The smallest absolute Gasteiger partial charge is 0.341 e. The molecule has 0 aromatic heterocycles. The molecule has 110 valence electrons. The number of ether oxygens (including phenoxy) is 1. The molecule has 1 aliphatic rings. The van der Waals surface area contributed by atoms with Gasteiger partial charge in [0.2, 0.25) is 5.60 Å². The molecule has 0 aliphatic heterocycles. The van der Waals surface area contributed by atoms with Crippen LogP contribution in [-0.4, -0.2) is 28.7 Å². The number of methoxy groups -OCH3 is 1. The second kappa shape index (κ2) is 5.67. The first-order valence-corrected chi connectivity index (χ1v) is 6.39. The van der Waals surface area contributed by atoms with Crippen molar-refractivity contribution in [2.75, 3.05) is 7.11 Å². The first-order chi connectivity index (χ1) is 9.92. The molecule has 1 aromatic carbocycles. The number of carbonyl (C=O) groups is 1. The number of carboxylic acids is 1. The van der Waals surface area contributed by atoms with E-state index in [1.807, 2.05) is 0 Å². The Hall–Kier alpha value is -2.18.